The molecule has 0 aliphatic carbocycles. The number of benzene rings is 1. The molecule has 6 amide bonds. The van der Waals surface area contributed by atoms with Crippen LogP contribution in [0, 0.1) is 23.7 Å². The van der Waals surface area contributed by atoms with E-state index in [2.05, 4.69) is 76.0 Å². The van der Waals surface area contributed by atoms with Crippen molar-refractivity contribution in [3.8, 4) is 11.5 Å². The highest BCUT2D eigenvalue weighted by molar-refractivity contribution is 8.26. The number of nitrogens with one attached hydrogen (secondary N) is 2. The molecule has 0 saturated carbocycles. The molecule has 1 aromatic carbocycles. The van der Waals surface area contributed by atoms with Crippen molar-refractivity contribution < 1.29 is 38.1 Å². The number of urea groups is 2. The standard InChI is InChI=1S/C48H70N4O8S4/c1-9-17-21-29(13-5)25-57-35-37-39(63-45(61-37)33-41(53)49-47(55)51-43(33)59-27-31(15-7)23-19-11-3)36(58-26-30(14-6)22-18-10-2)40-38(35)62-46(64-40)34-42(54)50-48(56)52-44(34)60-28-32(16-8)24-20-12-4/h29-32H,9-28H2,1-8H3,(H,49,53,55)(H,50,54,56). The van der Waals surface area contributed by atoms with E-state index in [1.54, 1.807) is 0 Å². The summed E-state index contributed by atoms with van der Waals surface area (Å²) in [6.07, 6.45) is 16.3. The number of fused-ring (bicyclic) bond motifs is 2. The zero-order valence-electron chi connectivity index (χ0n) is 39.2. The average Bonchev–Trinajstić information content (AvgIpc) is 3.91. The van der Waals surface area contributed by atoms with Crippen LogP contribution in [0.3, 0.4) is 0 Å². The molecule has 4 aliphatic heterocycles. The lowest BCUT2D eigenvalue weighted by atomic mass is 10.0. The third kappa shape index (κ3) is 13.5. The molecule has 4 unspecified atom stereocenters. The molecule has 0 bridgehead atoms. The van der Waals surface area contributed by atoms with E-state index in [0.29, 0.717) is 58.2 Å². The van der Waals surface area contributed by atoms with E-state index < -0.39 is 23.9 Å². The van der Waals surface area contributed by atoms with Gasteiger partial charge in [-0.05, 0) is 49.4 Å². The summed E-state index contributed by atoms with van der Waals surface area (Å²) >= 11 is 5.58. The van der Waals surface area contributed by atoms with Crippen molar-refractivity contribution in [2.24, 2.45) is 33.7 Å². The average molecular weight is 959 g/mol. The summed E-state index contributed by atoms with van der Waals surface area (Å²) in [5.41, 5.74) is 0.428. The van der Waals surface area contributed by atoms with Crippen LogP contribution in [0.15, 0.2) is 49.2 Å². The molecule has 0 aromatic heterocycles. The van der Waals surface area contributed by atoms with E-state index in [1.807, 2.05) is 0 Å². The Morgan fingerprint density at radius 2 is 0.719 bits per heavy atom. The van der Waals surface area contributed by atoms with Crippen LogP contribution in [-0.4, -0.2) is 62.1 Å². The SMILES string of the molecule is CCCCC(CC)COC1=NC(=O)NC(=O)C1=C1Sc2c(OCC(CC)CCCC)c3c(c(OCC(CC)CCCC)c2S1)SC(=C1C(=O)NC(=O)N=C1OCC(CC)CCCC)S3. The highest BCUT2D eigenvalue weighted by Crippen LogP contribution is 2.68. The zero-order chi connectivity index (χ0) is 46.2. The molecule has 2 N–H and O–H groups in total. The lowest BCUT2D eigenvalue weighted by Gasteiger charge is -2.22. The van der Waals surface area contributed by atoms with Crippen LogP contribution in [0.1, 0.15) is 158 Å². The van der Waals surface area contributed by atoms with Crippen molar-refractivity contribution in [2.75, 3.05) is 26.4 Å². The summed E-state index contributed by atoms with van der Waals surface area (Å²) in [4.78, 5) is 64.7. The van der Waals surface area contributed by atoms with Crippen LogP contribution in [0.2, 0.25) is 0 Å². The van der Waals surface area contributed by atoms with Gasteiger partial charge in [-0.2, -0.15) is 9.98 Å². The zero-order valence-corrected chi connectivity index (χ0v) is 42.5. The smallest absolute Gasteiger partial charge is 0.351 e. The van der Waals surface area contributed by atoms with Crippen molar-refractivity contribution in [1.29, 1.82) is 0 Å². The molecule has 0 saturated heterocycles. The molecular weight excluding hydrogens is 889 g/mol. The molecule has 4 aliphatic rings. The van der Waals surface area contributed by atoms with Gasteiger partial charge in [0, 0.05) is 0 Å². The van der Waals surface area contributed by atoms with Gasteiger partial charge in [0.05, 0.1) is 54.5 Å². The van der Waals surface area contributed by atoms with E-state index >= 15 is 0 Å². The number of unbranched alkanes of at least 4 members (excludes halogenated alkanes) is 4. The second-order valence-electron chi connectivity index (χ2n) is 17.0. The Hall–Kier alpha value is -3.08. The van der Waals surface area contributed by atoms with Gasteiger partial charge in [0.2, 0.25) is 11.8 Å². The van der Waals surface area contributed by atoms with Gasteiger partial charge in [0.1, 0.15) is 22.6 Å². The van der Waals surface area contributed by atoms with Crippen LogP contribution in [0.25, 0.3) is 0 Å². The number of carbonyl (C=O) groups excluding carboxylic acids is 4. The van der Waals surface area contributed by atoms with Crippen LogP contribution < -0.4 is 20.1 Å². The summed E-state index contributed by atoms with van der Waals surface area (Å²) in [6, 6.07) is -1.50. The Morgan fingerprint density at radius 1 is 0.438 bits per heavy atom. The van der Waals surface area contributed by atoms with Crippen molar-refractivity contribution >= 4 is 82.7 Å². The number of imide groups is 2. The highest BCUT2D eigenvalue weighted by Gasteiger charge is 2.43. The fourth-order valence-electron chi connectivity index (χ4n) is 7.69. The predicted octanol–water partition coefficient (Wildman–Crippen LogP) is 13.5. The second-order valence-corrected chi connectivity index (χ2v) is 21.6. The quantitative estimate of drug-likeness (QED) is 0.0850. The molecule has 4 heterocycles. The first-order valence-corrected chi connectivity index (χ1v) is 27.1. The molecule has 64 heavy (non-hydrogen) atoms. The van der Waals surface area contributed by atoms with Crippen molar-refractivity contribution in [1.82, 2.24) is 10.6 Å². The molecule has 354 valence electrons. The van der Waals surface area contributed by atoms with Crippen LogP contribution in [0.4, 0.5) is 9.59 Å². The number of hydrogen-bond acceptors (Lipinski definition) is 12. The van der Waals surface area contributed by atoms with Gasteiger partial charge >= 0.3 is 12.1 Å². The molecule has 0 spiro atoms. The molecule has 12 nitrogen and oxygen atoms in total. The monoisotopic (exact) mass is 958 g/mol. The molecule has 4 atom stereocenters. The highest BCUT2D eigenvalue weighted by atomic mass is 32.2. The van der Waals surface area contributed by atoms with E-state index in [4.69, 9.17) is 18.9 Å². The Bertz CT molecular complexity index is 1790. The fraction of sp³-hybridized carbons (Fsp3) is 0.667. The van der Waals surface area contributed by atoms with Crippen LogP contribution in [0.5, 0.6) is 11.5 Å². The van der Waals surface area contributed by atoms with E-state index in [9.17, 15) is 19.2 Å². The maximum absolute atomic E-state index is 13.8. The third-order valence-electron chi connectivity index (χ3n) is 12.2. The molecule has 1 aromatic rings. The Kier molecular flexibility index (Phi) is 21.3. The fourth-order valence-corrected chi connectivity index (χ4v) is 13.3. The lowest BCUT2D eigenvalue weighted by molar-refractivity contribution is -0.117. The molecule has 0 fully saturated rings. The number of aliphatic imine (C=N–C) groups is 2. The van der Waals surface area contributed by atoms with Gasteiger partial charge in [-0.25, -0.2) is 9.59 Å². The molecular formula is C48H70N4O8S4. The Balaban J connectivity index is 1.65. The van der Waals surface area contributed by atoms with Crippen molar-refractivity contribution in [3.63, 3.8) is 0 Å². The number of rotatable bonds is 26. The van der Waals surface area contributed by atoms with Gasteiger partial charge in [-0.3, -0.25) is 20.2 Å². The molecule has 16 heteroatoms. The maximum Gasteiger partial charge on any atom is 0.351 e. The Labute approximate surface area is 398 Å². The first kappa shape index (κ1) is 51.9. The number of nitrogens with zero attached hydrogens (tertiary/aromatic N) is 2. The summed E-state index contributed by atoms with van der Waals surface area (Å²) < 4.78 is 27.8. The minimum atomic E-state index is -0.751. The first-order chi connectivity index (χ1) is 31.0. The summed E-state index contributed by atoms with van der Waals surface area (Å²) in [7, 11) is 0. The minimum Gasteiger partial charge on any atom is -0.491 e. The topological polar surface area (TPSA) is 154 Å². The minimum absolute atomic E-state index is 0.0284. The van der Waals surface area contributed by atoms with E-state index in [1.165, 1.54) is 47.0 Å². The van der Waals surface area contributed by atoms with E-state index in [-0.39, 0.29) is 34.8 Å². The number of hydrogen-bond donors (Lipinski definition) is 2. The summed E-state index contributed by atoms with van der Waals surface area (Å²) in [5.74, 6) is 1.34. The number of thioether (sulfide) groups is 4. The van der Waals surface area contributed by atoms with Crippen LogP contribution in [-0.2, 0) is 19.1 Å². The third-order valence-corrected chi connectivity index (χ3v) is 17.4. The van der Waals surface area contributed by atoms with Gasteiger partial charge in [0.25, 0.3) is 11.8 Å². The predicted molar refractivity (Wildman–Crippen MR) is 262 cm³/mol. The summed E-state index contributed by atoms with van der Waals surface area (Å²) in [5, 5.41) is 4.80. The normalized spacial score (nSPS) is 17.9. The van der Waals surface area contributed by atoms with Gasteiger partial charge < -0.3 is 18.9 Å². The van der Waals surface area contributed by atoms with Crippen LogP contribution >= 0.6 is 47.0 Å². The van der Waals surface area contributed by atoms with Gasteiger partial charge in [0.15, 0.2) is 0 Å². The lowest BCUT2D eigenvalue weighted by Crippen LogP contribution is -2.39. The van der Waals surface area contributed by atoms with E-state index in [0.717, 1.165) is 122 Å². The van der Waals surface area contributed by atoms with Gasteiger partial charge in [-0.15, -0.1) is 0 Å². The molecule has 0 radical (unpaired) electrons. The Morgan fingerprint density at radius 3 is 0.984 bits per heavy atom. The van der Waals surface area contributed by atoms with Gasteiger partial charge in [-0.1, -0.05) is 179 Å². The number of amides is 6. The van der Waals surface area contributed by atoms with Crippen molar-refractivity contribution in [2.45, 2.75) is 178 Å². The second kappa shape index (κ2) is 26.3. The maximum atomic E-state index is 13.8. The molecule has 5 rings (SSSR count). The largest absolute Gasteiger partial charge is 0.491 e. The number of ether oxygens (including phenoxy) is 4. The summed E-state index contributed by atoms with van der Waals surface area (Å²) in [6.45, 7) is 18.9. The number of carbonyl (C=O) groups is 4. The van der Waals surface area contributed by atoms with Crippen molar-refractivity contribution in [3.05, 3.63) is 19.6 Å². The first-order valence-electron chi connectivity index (χ1n) is 23.9.